The first kappa shape index (κ1) is 23.4. The summed E-state index contributed by atoms with van der Waals surface area (Å²) in [6, 6.07) is 1.21. The second-order valence-electron chi connectivity index (χ2n) is 8.17. The van der Waals surface area contributed by atoms with Gasteiger partial charge in [-0.05, 0) is 25.8 Å². The Kier molecular flexibility index (Phi) is 6.33. The highest BCUT2D eigenvalue weighted by Crippen LogP contribution is 2.36. The van der Waals surface area contributed by atoms with Gasteiger partial charge in [-0.25, -0.2) is 9.78 Å². The molecule has 2 amide bonds. The van der Waals surface area contributed by atoms with Crippen LogP contribution in [0.1, 0.15) is 53.3 Å². The number of carbonyl (C=O) groups excluding carboxylic acids is 2. The summed E-state index contributed by atoms with van der Waals surface area (Å²) in [6.45, 7) is 1.41. The molecule has 2 aliphatic rings. The Morgan fingerprint density at radius 3 is 2.85 bits per heavy atom. The first-order valence-corrected chi connectivity index (χ1v) is 10.9. The Balaban J connectivity index is 1.29. The molecule has 3 heterocycles. The maximum absolute atomic E-state index is 12.5. The minimum atomic E-state index is -4.79. The minimum Gasteiger partial charge on any atom is -0.444 e. The number of rotatable bonds is 7. The quantitative estimate of drug-likeness (QED) is 0.613. The molecule has 4 rings (SSSR count). The summed E-state index contributed by atoms with van der Waals surface area (Å²) in [6.07, 6.45) is -2.07. The SMILES string of the molecule is Cn1nc(COC(F)(F)F)cc1C(=O)Nc1ncc([C@H]2C[C@@H](OC(=O)NC3(C)CC3)CO2)s1. The number of carbonyl (C=O) groups is 2. The van der Waals surface area contributed by atoms with Crippen LogP contribution < -0.4 is 10.6 Å². The largest absolute Gasteiger partial charge is 0.522 e. The number of ether oxygens (including phenoxy) is 3. The van der Waals surface area contributed by atoms with E-state index in [1.807, 2.05) is 6.92 Å². The van der Waals surface area contributed by atoms with E-state index in [0.717, 1.165) is 22.4 Å². The monoisotopic (exact) mass is 489 g/mol. The van der Waals surface area contributed by atoms with Crippen molar-refractivity contribution < 1.29 is 37.0 Å². The lowest BCUT2D eigenvalue weighted by molar-refractivity contribution is -0.330. The van der Waals surface area contributed by atoms with Crippen LogP contribution in [0.25, 0.3) is 0 Å². The number of nitrogens with zero attached hydrogens (tertiary/aromatic N) is 3. The number of amides is 2. The van der Waals surface area contributed by atoms with Crippen LogP contribution in [0.4, 0.5) is 23.1 Å². The van der Waals surface area contributed by atoms with Gasteiger partial charge in [-0.15, -0.1) is 13.2 Å². The number of anilines is 1. The third-order valence-electron chi connectivity index (χ3n) is 5.25. The molecule has 0 aromatic carbocycles. The lowest BCUT2D eigenvalue weighted by Gasteiger charge is -2.15. The van der Waals surface area contributed by atoms with Gasteiger partial charge in [0.25, 0.3) is 5.91 Å². The van der Waals surface area contributed by atoms with E-state index in [1.54, 1.807) is 6.20 Å². The summed E-state index contributed by atoms with van der Waals surface area (Å²) in [4.78, 5) is 29.4. The van der Waals surface area contributed by atoms with E-state index < -0.39 is 25.0 Å². The zero-order valence-electron chi connectivity index (χ0n) is 17.8. The summed E-state index contributed by atoms with van der Waals surface area (Å²) in [5.41, 5.74) is -0.154. The number of aryl methyl sites for hydroxylation is 1. The van der Waals surface area contributed by atoms with Crippen molar-refractivity contribution in [1.82, 2.24) is 20.1 Å². The highest BCUT2D eigenvalue weighted by atomic mass is 32.1. The van der Waals surface area contributed by atoms with Crippen molar-refractivity contribution in [3.05, 3.63) is 28.5 Å². The first-order chi connectivity index (χ1) is 15.5. The lowest BCUT2D eigenvalue weighted by atomic mass is 10.2. The van der Waals surface area contributed by atoms with Crippen molar-refractivity contribution >= 4 is 28.5 Å². The maximum Gasteiger partial charge on any atom is 0.522 e. The minimum absolute atomic E-state index is 0.0371. The molecule has 0 radical (unpaired) electrons. The Morgan fingerprint density at radius 1 is 1.39 bits per heavy atom. The molecule has 2 fully saturated rings. The van der Waals surface area contributed by atoms with Gasteiger partial charge >= 0.3 is 12.5 Å². The van der Waals surface area contributed by atoms with Crippen LogP contribution in [0, 0.1) is 0 Å². The van der Waals surface area contributed by atoms with Crippen LogP contribution in [0.3, 0.4) is 0 Å². The zero-order chi connectivity index (χ0) is 23.8. The Labute approximate surface area is 190 Å². The number of thiazole rings is 1. The average Bonchev–Trinajstić information content (AvgIpc) is 3.12. The van der Waals surface area contributed by atoms with E-state index >= 15 is 0 Å². The van der Waals surface area contributed by atoms with Gasteiger partial charge in [0, 0.05) is 25.2 Å². The third-order valence-corrected chi connectivity index (χ3v) is 6.25. The molecule has 2 atom stereocenters. The van der Waals surface area contributed by atoms with E-state index in [-0.39, 0.29) is 40.9 Å². The molecule has 2 aromatic rings. The van der Waals surface area contributed by atoms with Gasteiger partial charge in [0.2, 0.25) is 0 Å². The van der Waals surface area contributed by atoms with Crippen molar-refractivity contribution in [3.8, 4) is 0 Å². The molecule has 0 bridgehead atoms. The van der Waals surface area contributed by atoms with Crippen LogP contribution in [0.2, 0.25) is 0 Å². The zero-order valence-corrected chi connectivity index (χ0v) is 18.6. The predicted octanol–water partition coefficient (Wildman–Crippen LogP) is 3.27. The number of alkyl halides is 3. The van der Waals surface area contributed by atoms with Gasteiger partial charge in [0.15, 0.2) is 5.13 Å². The van der Waals surface area contributed by atoms with Gasteiger partial charge in [-0.3, -0.25) is 19.5 Å². The van der Waals surface area contributed by atoms with Crippen molar-refractivity contribution in [2.45, 2.75) is 56.9 Å². The Morgan fingerprint density at radius 2 is 2.15 bits per heavy atom. The molecular weight excluding hydrogens is 467 g/mol. The van der Waals surface area contributed by atoms with Crippen molar-refractivity contribution in [1.29, 1.82) is 0 Å². The standard InChI is InChI=1S/C19H22F3N5O5S/c1-18(3-4-18)25-17(29)32-11-6-13(30-9-11)14-7-23-16(33-14)24-15(28)12-5-10(26-27(12)2)8-31-19(20,21)22/h5,7,11,13H,3-4,6,8-9H2,1-2H3,(H,25,29)(H,23,24,28)/t11-,13-/m1/s1. The number of aromatic nitrogens is 3. The predicted molar refractivity (Wildman–Crippen MR) is 108 cm³/mol. The molecule has 14 heteroatoms. The second-order valence-corrected chi connectivity index (χ2v) is 9.23. The number of halogens is 3. The summed E-state index contributed by atoms with van der Waals surface area (Å²) in [7, 11) is 1.44. The van der Waals surface area contributed by atoms with Crippen LogP contribution in [0.15, 0.2) is 12.3 Å². The normalized spacial score (nSPS) is 21.6. The van der Waals surface area contributed by atoms with Crippen LogP contribution in [-0.4, -0.2) is 51.4 Å². The maximum atomic E-state index is 12.5. The molecular formula is C19H22F3N5O5S. The smallest absolute Gasteiger partial charge is 0.444 e. The van der Waals surface area contributed by atoms with Crippen LogP contribution in [-0.2, 0) is 27.9 Å². The fraction of sp³-hybridized carbons (Fsp3) is 0.579. The Bertz CT molecular complexity index is 1040. The average molecular weight is 489 g/mol. The molecule has 1 aliphatic carbocycles. The third kappa shape index (κ3) is 6.21. The van der Waals surface area contributed by atoms with Crippen LogP contribution in [0.5, 0.6) is 0 Å². The van der Waals surface area contributed by atoms with Crippen molar-refractivity contribution in [3.63, 3.8) is 0 Å². The summed E-state index contributed by atoms with van der Waals surface area (Å²) in [5, 5.41) is 9.57. The molecule has 1 aliphatic heterocycles. The summed E-state index contributed by atoms with van der Waals surface area (Å²) >= 11 is 1.19. The fourth-order valence-electron chi connectivity index (χ4n) is 3.24. The lowest BCUT2D eigenvalue weighted by Crippen LogP contribution is -2.37. The first-order valence-electron chi connectivity index (χ1n) is 10.1. The second kappa shape index (κ2) is 8.91. The van der Waals surface area contributed by atoms with E-state index in [1.165, 1.54) is 24.5 Å². The van der Waals surface area contributed by atoms with Gasteiger partial charge in [0.05, 0.1) is 23.3 Å². The number of hydrogen-bond acceptors (Lipinski definition) is 8. The highest BCUT2D eigenvalue weighted by Gasteiger charge is 2.40. The summed E-state index contributed by atoms with van der Waals surface area (Å²) in [5.74, 6) is -0.581. The number of alkyl carbamates (subject to hydrolysis) is 1. The number of nitrogens with one attached hydrogen (secondary N) is 2. The van der Waals surface area contributed by atoms with Crippen molar-refractivity contribution in [2.75, 3.05) is 11.9 Å². The molecule has 1 saturated heterocycles. The molecule has 180 valence electrons. The topological polar surface area (TPSA) is 117 Å². The molecule has 2 aromatic heterocycles. The van der Waals surface area contributed by atoms with Gasteiger partial charge in [0.1, 0.15) is 18.4 Å². The summed E-state index contributed by atoms with van der Waals surface area (Å²) < 4.78 is 52.6. The van der Waals surface area contributed by atoms with Crippen molar-refractivity contribution in [2.24, 2.45) is 7.05 Å². The molecule has 0 spiro atoms. The van der Waals surface area contributed by atoms with E-state index in [2.05, 4.69) is 25.5 Å². The highest BCUT2D eigenvalue weighted by molar-refractivity contribution is 7.15. The number of hydrogen-bond donors (Lipinski definition) is 2. The van der Waals surface area contributed by atoms with E-state index in [9.17, 15) is 22.8 Å². The Hall–Kier alpha value is -2.71. The van der Waals surface area contributed by atoms with E-state index in [4.69, 9.17) is 9.47 Å². The van der Waals surface area contributed by atoms with Gasteiger partial charge in [-0.1, -0.05) is 11.3 Å². The molecule has 0 unspecified atom stereocenters. The molecule has 10 nitrogen and oxygen atoms in total. The van der Waals surface area contributed by atoms with E-state index in [0.29, 0.717) is 6.42 Å². The van der Waals surface area contributed by atoms with Gasteiger partial charge < -0.3 is 14.8 Å². The molecule has 33 heavy (non-hydrogen) atoms. The van der Waals surface area contributed by atoms with Crippen LogP contribution >= 0.6 is 11.3 Å². The molecule has 2 N–H and O–H groups in total. The molecule has 1 saturated carbocycles. The van der Waals surface area contributed by atoms with Gasteiger partial charge in [-0.2, -0.15) is 5.10 Å². The fourth-order valence-corrected chi connectivity index (χ4v) is 4.11.